The Morgan fingerprint density at radius 3 is 1.10 bits per heavy atom. The van der Waals surface area contributed by atoms with Gasteiger partial charge in [-0.25, -0.2) is 26.0 Å². The van der Waals surface area contributed by atoms with Crippen molar-refractivity contribution in [2.45, 2.75) is 64.4 Å². The van der Waals surface area contributed by atoms with Crippen LogP contribution in [0.2, 0.25) is 0 Å². The fraction of sp³-hybridized carbons (Fsp3) is 0.353. The number of imidazole rings is 4. The molecule has 2 saturated heterocycles. The number of benzene rings is 4. The van der Waals surface area contributed by atoms with Crippen LogP contribution < -0.4 is 19.6 Å². The predicted octanol–water partition coefficient (Wildman–Crippen LogP) is 19.0. The number of hydrogen-bond donors (Lipinski definition) is 0. The van der Waals surface area contributed by atoms with Crippen LogP contribution in [0.5, 0.6) is 0 Å². The van der Waals surface area contributed by atoms with Crippen LogP contribution in [0.15, 0.2) is 126 Å². The van der Waals surface area contributed by atoms with Crippen molar-refractivity contribution in [2.24, 2.45) is 69.1 Å². The summed E-state index contributed by atoms with van der Waals surface area (Å²) in [4.78, 5) is 38.3. The minimum absolute atomic E-state index is 0. The molecule has 36 nitrogen and oxygen atoms in total. The number of anilines is 4. The molecule has 4 aromatic carbocycles. The fourth-order valence-electron chi connectivity index (χ4n) is 10.0. The quantitative estimate of drug-likeness (QED) is 0.0333. The molecule has 2 fully saturated rings. The maximum atomic E-state index is 10.8. The zero-order chi connectivity index (χ0) is 83.3. The molecule has 2 N–H and O–H groups in total. The number of halogens is 6. The minimum atomic E-state index is -5.59. The van der Waals surface area contributed by atoms with Gasteiger partial charge >= 0.3 is 55.9 Å². The molecule has 6 heterocycles. The summed E-state index contributed by atoms with van der Waals surface area (Å²) in [7, 11) is -1.22. The van der Waals surface area contributed by atoms with E-state index in [1.165, 1.54) is 49.6 Å². The molecule has 2 aliphatic rings. The third-order valence-electron chi connectivity index (χ3n) is 15.9. The van der Waals surface area contributed by atoms with Gasteiger partial charge in [-0.1, -0.05) is 58.6 Å². The molecule has 0 aliphatic carbocycles. The average Bonchev–Trinajstić information content (AvgIpc) is 1.68. The second-order valence-corrected chi connectivity index (χ2v) is 25.7. The van der Waals surface area contributed by atoms with Crippen molar-refractivity contribution in [3.05, 3.63) is 174 Å². The summed E-state index contributed by atoms with van der Waals surface area (Å²) in [5, 5.41) is 88.6. The third-order valence-corrected chi connectivity index (χ3v) is 17.2. The summed E-state index contributed by atoms with van der Waals surface area (Å²) in [5.74, 6) is 1.36. The first-order valence-electron chi connectivity index (χ1n) is 33.0. The van der Waals surface area contributed by atoms with E-state index in [0.29, 0.717) is 28.4 Å². The summed E-state index contributed by atoms with van der Waals surface area (Å²) in [6.07, 6.45) is 4.91. The third kappa shape index (κ3) is 25.6. The Bertz CT molecular complexity index is 5030. The molecule has 8 aromatic rings. The number of rotatable bonds is 18. The van der Waals surface area contributed by atoms with E-state index in [-0.39, 0.29) is 103 Å². The maximum absolute atomic E-state index is 10.8. The van der Waals surface area contributed by atoms with E-state index >= 15 is 0 Å². The van der Waals surface area contributed by atoms with Gasteiger partial charge in [0.2, 0.25) is 0 Å². The molecule has 0 atom stereocenters. The zero-order valence-electron chi connectivity index (χ0n) is 62.3. The fourth-order valence-corrected chi connectivity index (χ4v) is 10.0. The Labute approximate surface area is 673 Å². The minimum Gasteiger partial charge on any atom is -0.685 e. The average molecular weight is 1700 g/mol. The van der Waals surface area contributed by atoms with Crippen LogP contribution in [0.25, 0.3) is 40.3 Å². The van der Waals surface area contributed by atoms with Gasteiger partial charge in [0.15, 0.2) is 42.8 Å². The molecular weight excluding hydrogens is 1620 g/mol. The van der Waals surface area contributed by atoms with Gasteiger partial charge < -0.3 is 69.0 Å². The molecule has 4 aromatic heterocycles. The summed E-state index contributed by atoms with van der Waals surface area (Å²) in [6.45, 7) is 44.7. The van der Waals surface area contributed by atoms with E-state index < -0.39 is 31.1 Å². The van der Waals surface area contributed by atoms with Gasteiger partial charge in [-0.2, -0.15) is 57.4 Å². The Morgan fingerprint density at radius 1 is 0.465 bits per heavy atom. The molecule has 0 unspecified atom stereocenters. The van der Waals surface area contributed by atoms with Gasteiger partial charge in [0, 0.05) is 89.2 Å². The van der Waals surface area contributed by atoms with Gasteiger partial charge in [0.25, 0.3) is 35.2 Å². The maximum Gasteiger partial charge on any atom is 2.00 e. The van der Waals surface area contributed by atoms with Gasteiger partial charge in [-0.15, -0.1) is 56.2 Å². The van der Waals surface area contributed by atoms with Crippen LogP contribution in [-0.4, -0.2) is 133 Å². The Hall–Kier alpha value is -12.8. The number of azo groups is 4. The number of nitrogens with one attached hydrogen (secondary N) is 2. The summed E-state index contributed by atoms with van der Waals surface area (Å²) in [6, 6.07) is 34.9. The molecule has 2 aliphatic heterocycles. The SMILES string of the molecule is CCN(CC)c1ccc(N=Nc2nc(C#N)c(C#N)n2C)c([N-]C)c1.C[N-]c1cc(N2CCCC2)ccc1N=Nc1nc(C#N)c(C#N)n1C.[C-]#[N+]c1nc(N=Nc2ccc(N(CC)CC)cc2)n(C)c1[N+]#[C-].[C-]#[N+]c1nc(N=Nc2ccc(N3CCCC3)cc2)n(C)c1[N+]#[C-].[NH-]S(=O)(=O)C(F)(F)F.[NH-]S(=O)(=O)C(F)(F)F.[Ni+2].[Ni+2]. The van der Waals surface area contributed by atoms with E-state index in [4.69, 9.17) is 57.6 Å². The van der Waals surface area contributed by atoms with Crippen LogP contribution in [0.3, 0.4) is 0 Å². The number of nitrogens with zero attached hydrogens (tertiary/aromatic N) is 30. The Kier molecular flexibility index (Phi) is 37.1. The van der Waals surface area contributed by atoms with Crippen LogP contribution in [0, 0.1) is 71.6 Å². The van der Waals surface area contributed by atoms with Crippen molar-refractivity contribution in [1.82, 2.24) is 38.2 Å². The van der Waals surface area contributed by atoms with Crippen molar-refractivity contribution in [3.8, 4) is 24.3 Å². The molecule has 600 valence electrons. The van der Waals surface area contributed by atoms with E-state index in [1.807, 2.05) is 109 Å². The number of alkyl halides is 6. The van der Waals surface area contributed by atoms with Crippen molar-refractivity contribution in [2.75, 3.05) is 86.1 Å². The van der Waals surface area contributed by atoms with Gasteiger partial charge in [0.05, 0.1) is 36.8 Å². The molecule has 0 bridgehead atoms. The van der Waals surface area contributed by atoms with Gasteiger partial charge in [0.1, 0.15) is 24.3 Å². The standard InChI is InChI=1S/C17H17N8.C17H19N8.C16H15N7.C16H17N7.2CHF3NO2S.2Ni/c1-20-14-9-12(25-7-3-4-8-25)5-6-13(14)22-23-17-21-15(10-18)16(11-19)24(17)2;1-5-25(6-2)12-7-8-13(14(9-12)20-3)22-23-17-21-15(10-18)16(11-19)24(17)4;1-17-14-15(18-2)22(3)16(19-14)21-20-12-6-8-13(9-7-12)23-10-4-5-11-23;1-6-23(7-2)13-10-8-12(9-11-13)20-21-16-19-14(17-3)15(18-4)22(16)5;2*2-1(3,4)8(5,6)7;;/h5-6,9H,3-4,7-8H2,1-2H3;7-9H,5-6H2,1-4H3;6-9H,4-5,10-11H2,3H3;8-11H,6-7H2,1-2,5H3;2*(H-,5,6,7);;/q2*-1;;;2*-1;2*+2. The first-order valence-corrected chi connectivity index (χ1v) is 35.9. The van der Waals surface area contributed by atoms with E-state index in [9.17, 15) is 43.2 Å². The summed E-state index contributed by atoms with van der Waals surface area (Å²) >= 11 is 0. The molecule has 46 heteroatoms. The van der Waals surface area contributed by atoms with Crippen LogP contribution >= 0.6 is 0 Å². The van der Waals surface area contributed by atoms with E-state index in [2.05, 4.69) is 138 Å². The molecule has 0 radical (unpaired) electrons. The second kappa shape index (κ2) is 44.3. The zero-order valence-corrected chi connectivity index (χ0v) is 65.9. The topological polar surface area (TPSA) is 440 Å². The molecular formula is C68H70F6N32Ni2O4S2. The molecule has 0 amide bonds. The van der Waals surface area contributed by atoms with Crippen molar-refractivity contribution in [3.63, 3.8) is 0 Å². The summed E-state index contributed by atoms with van der Waals surface area (Å²) < 4.78 is 107. The largest absolute Gasteiger partial charge is 2.00 e. The van der Waals surface area contributed by atoms with Gasteiger partial charge in [-0.3, -0.25) is 0 Å². The first-order chi connectivity index (χ1) is 53.1. The van der Waals surface area contributed by atoms with Crippen molar-refractivity contribution in [1.29, 1.82) is 21.0 Å². The first kappa shape index (κ1) is 95.4. The van der Waals surface area contributed by atoms with Gasteiger partial charge in [-0.05, 0) is 126 Å². The predicted molar refractivity (Wildman–Crippen MR) is 406 cm³/mol. The molecule has 0 saturated carbocycles. The second-order valence-electron chi connectivity index (χ2n) is 22.7. The van der Waals surface area contributed by atoms with Crippen LogP contribution in [-0.2, 0) is 81.2 Å². The number of aromatic nitrogens is 8. The molecule has 0 spiro atoms. The van der Waals surface area contributed by atoms with E-state index in [0.717, 1.165) is 75.1 Å². The van der Waals surface area contributed by atoms with Crippen molar-refractivity contribution >= 4 is 124 Å². The summed E-state index contributed by atoms with van der Waals surface area (Å²) in [5.41, 5.74) is -1.83. The number of sulfonamides is 2. The van der Waals surface area contributed by atoms with Crippen LogP contribution in [0.1, 0.15) is 76.2 Å². The van der Waals surface area contributed by atoms with Crippen molar-refractivity contribution < 1.29 is 76.2 Å². The normalized spacial score (nSPS) is 12.3. The smallest absolute Gasteiger partial charge is 0.685 e. The monoisotopic (exact) mass is 1690 g/mol. The number of nitriles is 4. The Morgan fingerprint density at radius 2 is 0.781 bits per heavy atom. The molecule has 114 heavy (non-hydrogen) atoms. The van der Waals surface area contributed by atoms with E-state index in [1.54, 1.807) is 42.3 Å². The van der Waals surface area contributed by atoms with Crippen LogP contribution in [0.4, 0.5) is 130 Å². The number of hydrogen-bond acceptors (Lipinski definition) is 24. The Balaban J connectivity index is 0.000000367. The molecule has 10 rings (SSSR count).